The van der Waals surface area contributed by atoms with E-state index in [1.165, 1.54) is 0 Å². The topological polar surface area (TPSA) is 99.2 Å². The van der Waals surface area contributed by atoms with Crippen molar-refractivity contribution in [1.82, 2.24) is 5.06 Å². The number of hydrogen-bond donors (Lipinski definition) is 0. The molecular weight excluding hydrogens is 306 g/mol. The molecule has 132 valence electrons. The highest BCUT2D eigenvalue weighted by Crippen LogP contribution is 2.14. The summed E-state index contributed by atoms with van der Waals surface area (Å²) in [5, 5.41) is 0.118. The molecule has 0 aliphatic carbocycles. The van der Waals surface area contributed by atoms with Gasteiger partial charge in [0.15, 0.2) is 0 Å². The first kappa shape index (κ1) is 20.9. The number of ether oxygens (including phenoxy) is 2. The van der Waals surface area contributed by atoms with Crippen LogP contribution in [0.25, 0.3) is 0 Å². The zero-order valence-electron chi connectivity index (χ0n) is 14.7. The molecule has 0 aliphatic heterocycles. The van der Waals surface area contributed by atoms with Crippen LogP contribution in [0.15, 0.2) is 0 Å². The van der Waals surface area contributed by atoms with Crippen LogP contribution in [-0.2, 0) is 23.9 Å². The second-order valence-corrected chi connectivity index (χ2v) is 6.79. The summed E-state index contributed by atoms with van der Waals surface area (Å²) >= 11 is 0. The number of carbonyl (C=O) groups excluding carboxylic acids is 4. The van der Waals surface area contributed by atoms with Crippen molar-refractivity contribution in [3.05, 3.63) is 0 Å². The standard InChI is InChI=1S/C15H25NO7/c1-8-10(17)9-11(18)16(12(19)21-14(2,3)4)23-13(20)22-15(5,6)7/h8-9H2,1-7H3. The molecule has 0 heterocycles. The number of ketones is 1. The van der Waals surface area contributed by atoms with Crippen LogP contribution in [0, 0.1) is 0 Å². The van der Waals surface area contributed by atoms with Crippen molar-refractivity contribution in [1.29, 1.82) is 0 Å². The Kier molecular flexibility index (Phi) is 7.21. The lowest BCUT2D eigenvalue weighted by Crippen LogP contribution is -2.43. The summed E-state index contributed by atoms with van der Waals surface area (Å²) < 4.78 is 9.87. The highest BCUT2D eigenvalue weighted by molar-refractivity contribution is 6.02. The van der Waals surface area contributed by atoms with Crippen LogP contribution in [0.3, 0.4) is 0 Å². The quantitative estimate of drug-likeness (QED) is 0.445. The fourth-order valence-electron chi connectivity index (χ4n) is 1.20. The Morgan fingerprint density at radius 2 is 1.35 bits per heavy atom. The van der Waals surface area contributed by atoms with E-state index in [1.807, 2.05) is 0 Å². The summed E-state index contributed by atoms with van der Waals surface area (Å²) in [6.07, 6.45) is -2.92. The summed E-state index contributed by atoms with van der Waals surface area (Å²) in [6, 6.07) is 0. The lowest BCUT2D eigenvalue weighted by atomic mass is 10.2. The zero-order valence-corrected chi connectivity index (χ0v) is 14.7. The van der Waals surface area contributed by atoms with Gasteiger partial charge in [-0.25, -0.2) is 9.59 Å². The van der Waals surface area contributed by atoms with E-state index in [4.69, 9.17) is 9.47 Å². The normalized spacial score (nSPS) is 11.4. The van der Waals surface area contributed by atoms with E-state index < -0.39 is 41.6 Å². The number of imide groups is 1. The van der Waals surface area contributed by atoms with E-state index in [0.29, 0.717) is 0 Å². The average Bonchev–Trinajstić information content (AvgIpc) is 2.31. The third-order valence-corrected chi connectivity index (χ3v) is 2.08. The lowest BCUT2D eigenvalue weighted by molar-refractivity contribution is -0.171. The Labute approximate surface area is 136 Å². The van der Waals surface area contributed by atoms with E-state index in [2.05, 4.69) is 4.84 Å². The Bertz CT molecular complexity index is 471. The molecule has 8 heteroatoms. The second kappa shape index (κ2) is 7.94. The van der Waals surface area contributed by atoms with Gasteiger partial charge in [-0.05, 0) is 41.5 Å². The van der Waals surface area contributed by atoms with Crippen LogP contribution in [0.5, 0.6) is 0 Å². The minimum absolute atomic E-state index is 0.111. The van der Waals surface area contributed by atoms with Crippen molar-refractivity contribution in [2.24, 2.45) is 0 Å². The molecule has 2 amide bonds. The molecule has 0 unspecified atom stereocenters. The van der Waals surface area contributed by atoms with Crippen molar-refractivity contribution >= 4 is 23.9 Å². The molecule has 23 heavy (non-hydrogen) atoms. The molecule has 0 radical (unpaired) electrons. The van der Waals surface area contributed by atoms with Gasteiger partial charge >= 0.3 is 12.2 Å². The lowest BCUT2D eigenvalue weighted by Gasteiger charge is -2.26. The van der Waals surface area contributed by atoms with Crippen LogP contribution in [-0.4, -0.2) is 40.2 Å². The molecular formula is C15H25NO7. The largest absolute Gasteiger partial charge is 0.534 e. The summed E-state index contributed by atoms with van der Waals surface area (Å²) in [4.78, 5) is 51.7. The molecule has 0 fully saturated rings. The van der Waals surface area contributed by atoms with Crippen molar-refractivity contribution in [3.8, 4) is 0 Å². The van der Waals surface area contributed by atoms with Crippen LogP contribution in [0.4, 0.5) is 9.59 Å². The number of carbonyl (C=O) groups is 4. The maximum Gasteiger partial charge on any atom is 0.534 e. The SMILES string of the molecule is CCC(=O)CC(=O)N(OC(=O)OC(C)(C)C)C(=O)OC(C)(C)C. The predicted molar refractivity (Wildman–Crippen MR) is 80.3 cm³/mol. The van der Waals surface area contributed by atoms with E-state index in [1.54, 1.807) is 48.5 Å². The Morgan fingerprint density at radius 1 is 0.870 bits per heavy atom. The Hall–Kier alpha value is -2.12. The molecule has 0 spiro atoms. The van der Waals surface area contributed by atoms with Crippen LogP contribution >= 0.6 is 0 Å². The van der Waals surface area contributed by atoms with Crippen LogP contribution < -0.4 is 0 Å². The predicted octanol–water partition coefficient (Wildman–Crippen LogP) is 2.99. The van der Waals surface area contributed by atoms with Gasteiger partial charge in [0.25, 0.3) is 5.91 Å². The number of amides is 2. The molecule has 0 aromatic rings. The number of rotatable bonds is 3. The minimum Gasteiger partial charge on any atom is -0.441 e. The van der Waals surface area contributed by atoms with Crippen LogP contribution in [0.2, 0.25) is 0 Å². The minimum atomic E-state index is -1.25. The molecule has 0 aromatic carbocycles. The van der Waals surface area contributed by atoms with Gasteiger partial charge in [0.05, 0.1) is 6.42 Å². The second-order valence-electron chi connectivity index (χ2n) is 6.79. The highest BCUT2D eigenvalue weighted by atomic mass is 16.8. The smallest absolute Gasteiger partial charge is 0.441 e. The fraction of sp³-hybridized carbons (Fsp3) is 0.733. The monoisotopic (exact) mass is 331 g/mol. The zero-order chi connectivity index (χ0) is 18.4. The third kappa shape index (κ3) is 9.49. The number of nitrogens with zero attached hydrogens (tertiary/aromatic N) is 1. The van der Waals surface area contributed by atoms with Crippen molar-refractivity contribution in [3.63, 3.8) is 0 Å². The maximum absolute atomic E-state index is 12.0. The van der Waals surface area contributed by atoms with E-state index in [9.17, 15) is 19.2 Å². The maximum atomic E-state index is 12.0. The van der Waals surface area contributed by atoms with Crippen LogP contribution in [0.1, 0.15) is 61.3 Å². The molecule has 0 N–H and O–H groups in total. The molecule has 0 saturated carbocycles. The number of hydroxylamine groups is 2. The van der Waals surface area contributed by atoms with Gasteiger partial charge in [-0.3, -0.25) is 14.4 Å². The summed E-state index contributed by atoms with van der Waals surface area (Å²) in [5.74, 6) is -1.41. The molecule has 0 aliphatic rings. The van der Waals surface area contributed by atoms with Gasteiger partial charge in [-0.15, -0.1) is 0 Å². The molecule has 0 bridgehead atoms. The number of Topliss-reactive ketones (excluding diaryl/α,β-unsaturated/α-hetero) is 1. The summed E-state index contributed by atoms with van der Waals surface area (Å²) in [7, 11) is 0. The summed E-state index contributed by atoms with van der Waals surface area (Å²) in [5.41, 5.74) is -1.79. The first-order valence-electron chi connectivity index (χ1n) is 7.23. The van der Waals surface area contributed by atoms with Crippen molar-refractivity contribution in [2.45, 2.75) is 72.5 Å². The van der Waals surface area contributed by atoms with E-state index in [-0.39, 0.29) is 11.5 Å². The van der Waals surface area contributed by atoms with Gasteiger partial charge < -0.3 is 9.47 Å². The average molecular weight is 331 g/mol. The van der Waals surface area contributed by atoms with Gasteiger partial charge in [0.2, 0.25) is 0 Å². The van der Waals surface area contributed by atoms with Gasteiger partial charge in [0.1, 0.15) is 17.0 Å². The molecule has 8 nitrogen and oxygen atoms in total. The number of hydrogen-bond acceptors (Lipinski definition) is 7. The molecule has 0 atom stereocenters. The van der Waals surface area contributed by atoms with E-state index in [0.717, 1.165) is 0 Å². The Balaban J connectivity index is 5.14. The molecule has 0 rings (SSSR count). The first-order valence-corrected chi connectivity index (χ1v) is 7.23. The van der Waals surface area contributed by atoms with Crippen molar-refractivity contribution < 1.29 is 33.5 Å². The summed E-state index contributed by atoms with van der Waals surface area (Å²) in [6.45, 7) is 11.1. The van der Waals surface area contributed by atoms with Gasteiger partial charge in [0, 0.05) is 6.42 Å². The van der Waals surface area contributed by atoms with Crippen molar-refractivity contribution in [2.75, 3.05) is 0 Å². The van der Waals surface area contributed by atoms with Gasteiger partial charge in [-0.1, -0.05) is 12.0 Å². The Morgan fingerprint density at radius 3 is 1.74 bits per heavy atom. The molecule has 0 saturated heterocycles. The van der Waals surface area contributed by atoms with Gasteiger partial charge in [-0.2, -0.15) is 0 Å². The molecule has 0 aromatic heterocycles. The highest BCUT2D eigenvalue weighted by Gasteiger charge is 2.33. The third-order valence-electron chi connectivity index (χ3n) is 2.08. The van der Waals surface area contributed by atoms with E-state index >= 15 is 0 Å². The first-order chi connectivity index (χ1) is 10.2. The fourth-order valence-corrected chi connectivity index (χ4v) is 1.20.